The third-order valence-corrected chi connectivity index (χ3v) is 7.36. The summed E-state index contributed by atoms with van der Waals surface area (Å²) in [6.07, 6.45) is 7.38. The second-order valence-corrected chi connectivity index (χ2v) is 11.9. The molecule has 5 heteroatoms. The van der Waals surface area contributed by atoms with Crippen LogP contribution in [0.4, 0.5) is 0 Å². The van der Waals surface area contributed by atoms with Crippen LogP contribution in [0.25, 0.3) is 0 Å². The Bertz CT molecular complexity index is 978. The monoisotopic (exact) mass is 451 g/mol. The molecular weight excluding hydrogens is 410 g/mol. The highest BCUT2D eigenvalue weighted by atomic mass is 16.3. The van der Waals surface area contributed by atoms with E-state index in [1.54, 1.807) is 0 Å². The quantitative estimate of drug-likeness (QED) is 0.494. The summed E-state index contributed by atoms with van der Waals surface area (Å²) in [5, 5.41) is 19.1. The van der Waals surface area contributed by atoms with Crippen molar-refractivity contribution in [1.82, 2.24) is 14.8 Å². The minimum absolute atomic E-state index is 0.0610. The van der Waals surface area contributed by atoms with E-state index >= 15 is 0 Å². The molecule has 2 fully saturated rings. The lowest BCUT2D eigenvalue weighted by atomic mass is 9.68. The predicted molar refractivity (Wildman–Crippen MR) is 132 cm³/mol. The Hall–Kier alpha value is -2.01. The van der Waals surface area contributed by atoms with Crippen LogP contribution in [0.5, 0.6) is 0 Å². The van der Waals surface area contributed by atoms with Gasteiger partial charge in [-0.1, -0.05) is 44.5 Å². The van der Waals surface area contributed by atoms with Crippen molar-refractivity contribution in [3.63, 3.8) is 0 Å². The van der Waals surface area contributed by atoms with Gasteiger partial charge in [-0.3, -0.25) is 4.79 Å². The minimum Gasteiger partial charge on any atom is -0.396 e. The third-order valence-electron chi connectivity index (χ3n) is 7.36. The molecule has 0 radical (unpaired) electrons. The van der Waals surface area contributed by atoms with Crippen LogP contribution in [-0.4, -0.2) is 32.3 Å². The molecule has 4 rings (SSSR count). The number of hydrogen-bond donors (Lipinski definition) is 1. The molecule has 0 bridgehead atoms. The first-order valence-electron chi connectivity index (χ1n) is 12.8. The molecule has 2 aliphatic rings. The van der Waals surface area contributed by atoms with E-state index in [0.29, 0.717) is 36.6 Å². The smallest absolute Gasteiger partial charge is 0.138 e. The first-order chi connectivity index (χ1) is 15.6. The molecular formula is C28H41N3O2. The number of rotatable bonds is 10. The number of nitrogens with zero attached hydrogens (tertiary/aromatic N) is 3. The summed E-state index contributed by atoms with van der Waals surface area (Å²) in [6.45, 7) is 11.2. The summed E-state index contributed by atoms with van der Waals surface area (Å²) in [5.74, 6) is 3.45. The molecule has 0 unspecified atom stereocenters. The fourth-order valence-electron chi connectivity index (χ4n) is 5.64. The van der Waals surface area contributed by atoms with Gasteiger partial charge in [-0.05, 0) is 74.8 Å². The van der Waals surface area contributed by atoms with Crippen LogP contribution in [0, 0.1) is 25.2 Å². The maximum Gasteiger partial charge on any atom is 0.138 e. The summed E-state index contributed by atoms with van der Waals surface area (Å²) < 4.78 is 2.36. The molecule has 1 atom stereocenters. The van der Waals surface area contributed by atoms with Crippen LogP contribution in [0.3, 0.4) is 0 Å². The molecule has 0 spiro atoms. The van der Waals surface area contributed by atoms with Crippen LogP contribution in [0.1, 0.15) is 112 Å². The van der Waals surface area contributed by atoms with Gasteiger partial charge in [0.15, 0.2) is 0 Å². The number of Topliss-reactive ketones (excluding diaryl/α,β-unsaturated/α-hetero) is 1. The lowest BCUT2D eigenvalue weighted by Crippen LogP contribution is -2.28. The van der Waals surface area contributed by atoms with Gasteiger partial charge in [-0.25, -0.2) is 0 Å². The maximum absolute atomic E-state index is 13.0. The molecule has 2 saturated carbocycles. The number of benzene rings is 1. The fraction of sp³-hybridized carbons (Fsp3) is 0.679. The maximum atomic E-state index is 13.0. The van der Waals surface area contributed by atoms with Crippen LogP contribution in [0.15, 0.2) is 18.2 Å². The zero-order chi connectivity index (χ0) is 23.8. The van der Waals surface area contributed by atoms with E-state index in [9.17, 15) is 9.90 Å². The summed E-state index contributed by atoms with van der Waals surface area (Å²) in [4.78, 5) is 13.0. The molecule has 0 saturated heterocycles. The second kappa shape index (κ2) is 9.69. The van der Waals surface area contributed by atoms with E-state index < -0.39 is 0 Å². The summed E-state index contributed by atoms with van der Waals surface area (Å²) in [6, 6.07) is 6.75. The highest BCUT2D eigenvalue weighted by Crippen LogP contribution is 2.49. The van der Waals surface area contributed by atoms with Crippen LogP contribution >= 0.6 is 0 Å². The van der Waals surface area contributed by atoms with E-state index in [-0.39, 0.29) is 18.3 Å². The van der Waals surface area contributed by atoms with Crippen molar-refractivity contribution in [2.45, 2.75) is 104 Å². The largest absolute Gasteiger partial charge is 0.396 e. The highest BCUT2D eigenvalue weighted by molar-refractivity contribution is 5.82. The average molecular weight is 452 g/mol. The second-order valence-electron chi connectivity index (χ2n) is 11.9. The molecule has 1 N–H and O–H groups in total. The molecule has 0 aliphatic heterocycles. The van der Waals surface area contributed by atoms with Gasteiger partial charge in [0.25, 0.3) is 0 Å². The fourth-order valence-corrected chi connectivity index (χ4v) is 5.64. The van der Waals surface area contributed by atoms with Gasteiger partial charge in [-0.2, -0.15) is 0 Å². The number of ketones is 1. The number of aryl methyl sites for hydroxylation is 2. The SMILES string of the molecule is Cc1ccc(CC(=O)C[C@H](CCO)c2nnc(C3CC(CC(C)(C)C)C3)n2C2CC2)c(C)c1. The van der Waals surface area contributed by atoms with E-state index in [0.717, 1.165) is 23.1 Å². The molecule has 1 heterocycles. The molecule has 5 nitrogen and oxygen atoms in total. The van der Waals surface area contributed by atoms with Gasteiger partial charge in [0.05, 0.1) is 0 Å². The number of aromatic nitrogens is 3. The average Bonchev–Trinajstić information content (AvgIpc) is 3.44. The van der Waals surface area contributed by atoms with Crippen molar-refractivity contribution in [2.24, 2.45) is 11.3 Å². The number of carbonyl (C=O) groups is 1. The first-order valence-corrected chi connectivity index (χ1v) is 12.8. The van der Waals surface area contributed by atoms with Gasteiger partial charge < -0.3 is 9.67 Å². The molecule has 33 heavy (non-hydrogen) atoms. The van der Waals surface area contributed by atoms with Crippen molar-refractivity contribution < 1.29 is 9.90 Å². The Morgan fingerprint density at radius 2 is 1.91 bits per heavy atom. The van der Waals surface area contributed by atoms with Crippen molar-refractivity contribution in [3.8, 4) is 0 Å². The number of hydrogen-bond acceptors (Lipinski definition) is 4. The van der Waals surface area contributed by atoms with E-state index in [2.05, 4.69) is 67.6 Å². The Morgan fingerprint density at radius 3 is 2.52 bits per heavy atom. The number of carbonyl (C=O) groups excluding carboxylic acids is 1. The zero-order valence-corrected chi connectivity index (χ0v) is 21.1. The van der Waals surface area contributed by atoms with Crippen LogP contribution in [0.2, 0.25) is 0 Å². The molecule has 1 aromatic heterocycles. The standard InChI is InChI=1S/C28H41N3O2/c1-18-6-7-21(19(2)12-18)15-25(33)16-22(10-11-32)26-29-30-27(31(26)24-8-9-24)23-13-20(14-23)17-28(3,4)5/h6-7,12,20,22-24,32H,8-11,13-17H2,1-5H3/t20?,22-,23?/m0/s1. The van der Waals surface area contributed by atoms with Gasteiger partial charge in [0.1, 0.15) is 17.4 Å². The molecule has 1 aromatic carbocycles. The molecule has 180 valence electrons. The Morgan fingerprint density at radius 1 is 1.18 bits per heavy atom. The zero-order valence-electron chi connectivity index (χ0n) is 21.1. The van der Waals surface area contributed by atoms with Gasteiger partial charge in [0, 0.05) is 37.3 Å². The van der Waals surface area contributed by atoms with Gasteiger partial charge >= 0.3 is 0 Å². The topological polar surface area (TPSA) is 68.0 Å². The Labute approximate surface area is 199 Å². The van der Waals surface area contributed by atoms with Crippen molar-refractivity contribution in [2.75, 3.05) is 6.61 Å². The Kier molecular flexibility index (Phi) is 7.09. The lowest BCUT2D eigenvalue weighted by Gasteiger charge is -2.38. The summed E-state index contributed by atoms with van der Waals surface area (Å²) in [5.41, 5.74) is 3.85. The summed E-state index contributed by atoms with van der Waals surface area (Å²) >= 11 is 0. The number of aliphatic hydroxyl groups is 1. The molecule has 0 amide bonds. The molecule has 2 aromatic rings. The van der Waals surface area contributed by atoms with Crippen molar-refractivity contribution >= 4 is 5.78 Å². The van der Waals surface area contributed by atoms with Crippen molar-refractivity contribution in [3.05, 3.63) is 46.5 Å². The normalized spacial score (nSPS) is 21.6. The van der Waals surface area contributed by atoms with Crippen LogP contribution in [-0.2, 0) is 11.2 Å². The highest BCUT2D eigenvalue weighted by Gasteiger charge is 2.40. The van der Waals surface area contributed by atoms with Gasteiger partial charge in [-0.15, -0.1) is 10.2 Å². The number of aliphatic hydroxyl groups excluding tert-OH is 1. The predicted octanol–water partition coefficient (Wildman–Crippen LogP) is 5.83. The van der Waals surface area contributed by atoms with Gasteiger partial charge in [0.2, 0.25) is 0 Å². The van der Waals surface area contributed by atoms with E-state index in [1.165, 1.54) is 43.2 Å². The molecule has 2 aliphatic carbocycles. The third kappa shape index (κ3) is 5.92. The minimum atomic E-state index is -0.0689. The first kappa shape index (κ1) is 24.1. The van der Waals surface area contributed by atoms with Crippen molar-refractivity contribution in [1.29, 1.82) is 0 Å². The Balaban J connectivity index is 1.48. The lowest BCUT2D eigenvalue weighted by molar-refractivity contribution is -0.118. The van der Waals surface area contributed by atoms with Crippen LogP contribution < -0.4 is 0 Å². The van der Waals surface area contributed by atoms with E-state index in [4.69, 9.17) is 0 Å². The van der Waals surface area contributed by atoms with E-state index in [1.807, 2.05) is 0 Å². The summed E-state index contributed by atoms with van der Waals surface area (Å²) in [7, 11) is 0.